The molecule has 3 heteroatoms. The summed E-state index contributed by atoms with van der Waals surface area (Å²) in [5.74, 6) is 0.635. The highest BCUT2D eigenvalue weighted by Gasteiger charge is 2.27. The van der Waals surface area contributed by atoms with Crippen LogP contribution in [0.1, 0.15) is 45.4 Å². The van der Waals surface area contributed by atoms with E-state index in [2.05, 4.69) is 12.2 Å². The van der Waals surface area contributed by atoms with Gasteiger partial charge in [-0.05, 0) is 32.1 Å². The van der Waals surface area contributed by atoms with E-state index in [4.69, 9.17) is 4.74 Å². The Balaban J connectivity index is 1.81. The first-order valence-electron chi connectivity index (χ1n) is 6.79. The minimum Gasteiger partial charge on any atom is -0.392 e. The van der Waals surface area contributed by atoms with Crippen molar-refractivity contribution in [3.63, 3.8) is 0 Å². The van der Waals surface area contributed by atoms with Crippen LogP contribution in [0.2, 0.25) is 0 Å². The zero-order chi connectivity index (χ0) is 11.4. The molecule has 2 fully saturated rings. The normalized spacial score (nSPS) is 38.2. The molecule has 0 amide bonds. The number of aliphatic hydroxyl groups is 1. The second kappa shape index (κ2) is 5.99. The van der Waals surface area contributed by atoms with Gasteiger partial charge < -0.3 is 15.2 Å². The zero-order valence-electron chi connectivity index (χ0n) is 10.3. The van der Waals surface area contributed by atoms with Crippen molar-refractivity contribution >= 4 is 0 Å². The van der Waals surface area contributed by atoms with E-state index in [0.29, 0.717) is 18.0 Å². The van der Waals surface area contributed by atoms with Crippen molar-refractivity contribution in [3.05, 3.63) is 0 Å². The van der Waals surface area contributed by atoms with Gasteiger partial charge in [-0.1, -0.05) is 19.3 Å². The van der Waals surface area contributed by atoms with Gasteiger partial charge in [-0.3, -0.25) is 0 Å². The maximum absolute atomic E-state index is 10.0. The van der Waals surface area contributed by atoms with Crippen LogP contribution >= 0.6 is 0 Å². The Bertz CT molecular complexity index is 204. The topological polar surface area (TPSA) is 41.5 Å². The highest BCUT2D eigenvalue weighted by molar-refractivity contribution is 4.84. The van der Waals surface area contributed by atoms with Crippen molar-refractivity contribution in [1.29, 1.82) is 0 Å². The number of hydrogen-bond acceptors (Lipinski definition) is 3. The largest absolute Gasteiger partial charge is 0.392 e. The maximum atomic E-state index is 10.0. The highest BCUT2D eigenvalue weighted by atomic mass is 16.5. The Kier molecular flexibility index (Phi) is 4.62. The lowest BCUT2D eigenvalue weighted by Crippen LogP contribution is -2.46. The van der Waals surface area contributed by atoms with Gasteiger partial charge in [0.25, 0.3) is 0 Å². The summed E-state index contributed by atoms with van der Waals surface area (Å²) in [6, 6.07) is 0.776. The van der Waals surface area contributed by atoms with Gasteiger partial charge in [0.1, 0.15) is 0 Å². The van der Waals surface area contributed by atoms with Crippen molar-refractivity contribution in [3.8, 4) is 0 Å². The summed E-state index contributed by atoms with van der Waals surface area (Å²) < 4.78 is 5.42. The minimum atomic E-state index is -0.146. The predicted octanol–water partition coefficient (Wildman–Crippen LogP) is 1.69. The van der Waals surface area contributed by atoms with Gasteiger partial charge in [-0.15, -0.1) is 0 Å². The number of hydrogen-bond donors (Lipinski definition) is 2. The quantitative estimate of drug-likeness (QED) is 0.721. The van der Waals surface area contributed by atoms with Crippen molar-refractivity contribution in [1.82, 2.24) is 5.32 Å². The van der Waals surface area contributed by atoms with Crippen LogP contribution in [0.25, 0.3) is 0 Å². The van der Waals surface area contributed by atoms with Crippen LogP contribution in [-0.4, -0.2) is 36.5 Å². The minimum absolute atomic E-state index is 0.146. The Morgan fingerprint density at radius 3 is 2.75 bits per heavy atom. The molecule has 3 nitrogen and oxygen atoms in total. The third-order valence-electron chi connectivity index (χ3n) is 4.13. The van der Waals surface area contributed by atoms with E-state index in [1.54, 1.807) is 0 Å². The number of aliphatic hydroxyl groups excluding tert-OH is 1. The van der Waals surface area contributed by atoms with Gasteiger partial charge in [-0.2, -0.15) is 0 Å². The standard InChI is InChI=1S/C13H25NO2/c1-10(11-7-8-16-9-11)14-12-5-3-2-4-6-13(12)15/h10-15H,2-9H2,1H3. The summed E-state index contributed by atoms with van der Waals surface area (Å²) in [7, 11) is 0. The summed E-state index contributed by atoms with van der Waals surface area (Å²) in [5, 5.41) is 13.7. The van der Waals surface area contributed by atoms with Crippen molar-refractivity contribution in [2.24, 2.45) is 5.92 Å². The lowest BCUT2D eigenvalue weighted by molar-refractivity contribution is 0.106. The fraction of sp³-hybridized carbons (Fsp3) is 1.00. The molecule has 4 unspecified atom stereocenters. The average molecular weight is 227 g/mol. The first-order chi connectivity index (χ1) is 7.77. The molecule has 94 valence electrons. The Labute approximate surface area is 98.6 Å². The molecular weight excluding hydrogens is 202 g/mol. The molecule has 0 radical (unpaired) electrons. The molecule has 1 aliphatic carbocycles. The van der Waals surface area contributed by atoms with Gasteiger partial charge in [-0.25, -0.2) is 0 Å². The molecule has 1 saturated heterocycles. The molecule has 0 aromatic carbocycles. The average Bonchev–Trinajstić information content (AvgIpc) is 2.73. The van der Waals surface area contributed by atoms with E-state index in [9.17, 15) is 5.11 Å². The number of nitrogens with one attached hydrogen (secondary N) is 1. The fourth-order valence-electron chi connectivity index (χ4n) is 2.90. The summed E-state index contributed by atoms with van der Waals surface area (Å²) in [6.45, 7) is 4.03. The zero-order valence-corrected chi connectivity index (χ0v) is 10.3. The Hall–Kier alpha value is -0.120. The molecule has 16 heavy (non-hydrogen) atoms. The van der Waals surface area contributed by atoms with Gasteiger partial charge in [0, 0.05) is 18.7 Å². The van der Waals surface area contributed by atoms with Crippen LogP contribution in [-0.2, 0) is 4.74 Å². The molecule has 2 rings (SSSR count). The summed E-state index contributed by atoms with van der Waals surface area (Å²) in [4.78, 5) is 0. The third-order valence-corrected chi connectivity index (χ3v) is 4.13. The molecule has 1 heterocycles. The molecule has 2 N–H and O–H groups in total. The van der Waals surface area contributed by atoms with E-state index in [-0.39, 0.29) is 6.10 Å². The Morgan fingerprint density at radius 1 is 1.19 bits per heavy atom. The van der Waals surface area contributed by atoms with Gasteiger partial charge >= 0.3 is 0 Å². The van der Waals surface area contributed by atoms with Gasteiger partial charge in [0.2, 0.25) is 0 Å². The fourth-order valence-corrected chi connectivity index (χ4v) is 2.90. The molecule has 1 saturated carbocycles. The first kappa shape index (κ1) is 12.3. The Morgan fingerprint density at radius 2 is 2.00 bits per heavy atom. The molecule has 2 aliphatic rings. The van der Waals surface area contributed by atoms with Crippen LogP contribution in [0, 0.1) is 5.92 Å². The van der Waals surface area contributed by atoms with Crippen LogP contribution < -0.4 is 5.32 Å². The van der Waals surface area contributed by atoms with E-state index in [1.807, 2.05) is 0 Å². The van der Waals surface area contributed by atoms with Crippen molar-refractivity contribution in [2.45, 2.75) is 63.6 Å². The molecule has 0 spiro atoms. The van der Waals surface area contributed by atoms with Gasteiger partial charge in [0.05, 0.1) is 12.7 Å². The van der Waals surface area contributed by atoms with Crippen molar-refractivity contribution < 1.29 is 9.84 Å². The SMILES string of the molecule is CC(NC1CCCCCC1O)C1CCOC1. The van der Waals surface area contributed by atoms with Gasteiger partial charge in [0.15, 0.2) is 0 Å². The van der Waals surface area contributed by atoms with E-state index >= 15 is 0 Å². The third kappa shape index (κ3) is 3.19. The van der Waals surface area contributed by atoms with Crippen LogP contribution in [0.3, 0.4) is 0 Å². The van der Waals surface area contributed by atoms with E-state index in [1.165, 1.54) is 19.3 Å². The van der Waals surface area contributed by atoms with Crippen LogP contribution in [0.15, 0.2) is 0 Å². The maximum Gasteiger partial charge on any atom is 0.0693 e. The van der Waals surface area contributed by atoms with E-state index < -0.39 is 0 Å². The number of ether oxygens (including phenoxy) is 1. The molecule has 1 aliphatic heterocycles. The first-order valence-corrected chi connectivity index (χ1v) is 6.79. The summed E-state index contributed by atoms with van der Waals surface area (Å²) in [6.07, 6.45) is 6.81. The molecule has 0 bridgehead atoms. The number of rotatable bonds is 3. The molecule has 4 atom stereocenters. The monoisotopic (exact) mass is 227 g/mol. The van der Waals surface area contributed by atoms with Crippen LogP contribution in [0.5, 0.6) is 0 Å². The van der Waals surface area contributed by atoms with Crippen molar-refractivity contribution in [2.75, 3.05) is 13.2 Å². The lowest BCUT2D eigenvalue weighted by Gasteiger charge is -2.28. The predicted molar refractivity (Wildman–Crippen MR) is 64.4 cm³/mol. The second-order valence-electron chi connectivity index (χ2n) is 5.39. The summed E-state index contributed by atoms with van der Waals surface area (Å²) >= 11 is 0. The second-order valence-corrected chi connectivity index (χ2v) is 5.39. The van der Waals surface area contributed by atoms with E-state index in [0.717, 1.165) is 32.5 Å². The molecule has 0 aromatic rings. The summed E-state index contributed by atoms with van der Waals surface area (Å²) in [5.41, 5.74) is 0. The smallest absolute Gasteiger partial charge is 0.0693 e. The lowest BCUT2D eigenvalue weighted by atomic mass is 9.97. The highest BCUT2D eigenvalue weighted by Crippen LogP contribution is 2.21. The molecule has 0 aromatic heterocycles. The molecular formula is C13H25NO2. The van der Waals surface area contributed by atoms with Crippen LogP contribution in [0.4, 0.5) is 0 Å².